The van der Waals surface area contributed by atoms with Gasteiger partial charge < -0.3 is 10.1 Å². The van der Waals surface area contributed by atoms with Crippen molar-refractivity contribution in [1.82, 2.24) is 5.32 Å². The molecule has 0 aliphatic carbocycles. The summed E-state index contributed by atoms with van der Waals surface area (Å²) in [5.74, 6) is 0.692. The van der Waals surface area contributed by atoms with E-state index in [4.69, 9.17) is 4.74 Å². The van der Waals surface area contributed by atoms with Gasteiger partial charge in [0.05, 0.1) is 4.90 Å². The van der Waals surface area contributed by atoms with E-state index in [9.17, 15) is 8.42 Å². The standard InChI is InChI=1S/C14H23NO3S/c1-4-5-10-15-11-12(2)18-13-6-8-14(9-7-13)19(3,16)17/h6-9,12,15H,4-5,10-11H2,1-3H3. The van der Waals surface area contributed by atoms with Crippen LogP contribution in [0.4, 0.5) is 0 Å². The first-order valence-electron chi connectivity index (χ1n) is 6.61. The maximum Gasteiger partial charge on any atom is 0.175 e. The molecule has 0 saturated carbocycles. The molecule has 0 fully saturated rings. The number of hydrogen-bond donors (Lipinski definition) is 1. The largest absolute Gasteiger partial charge is 0.489 e. The van der Waals surface area contributed by atoms with Crippen LogP contribution in [-0.4, -0.2) is 33.9 Å². The molecule has 5 heteroatoms. The van der Waals surface area contributed by atoms with E-state index in [0.29, 0.717) is 10.6 Å². The van der Waals surface area contributed by atoms with Gasteiger partial charge in [-0.2, -0.15) is 0 Å². The van der Waals surface area contributed by atoms with E-state index < -0.39 is 9.84 Å². The van der Waals surface area contributed by atoms with Crippen LogP contribution in [0.15, 0.2) is 29.2 Å². The summed E-state index contributed by atoms with van der Waals surface area (Å²) in [7, 11) is -3.14. The van der Waals surface area contributed by atoms with Gasteiger partial charge >= 0.3 is 0 Å². The minimum absolute atomic E-state index is 0.0564. The molecule has 1 N–H and O–H groups in total. The molecule has 0 saturated heterocycles. The van der Waals surface area contributed by atoms with Crippen LogP contribution in [0, 0.1) is 0 Å². The van der Waals surface area contributed by atoms with Crippen molar-refractivity contribution in [1.29, 1.82) is 0 Å². The number of rotatable bonds is 8. The van der Waals surface area contributed by atoms with Gasteiger partial charge in [0.15, 0.2) is 9.84 Å². The molecular weight excluding hydrogens is 262 g/mol. The summed E-state index contributed by atoms with van der Waals surface area (Å²) in [5, 5.41) is 3.32. The molecule has 108 valence electrons. The van der Waals surface area contributed by atoms with Gasteiger partial charge in [-0.05, 0) is 44.2 Å². The highest BCUT2D eigenvalue weighted by Crippen LogP contribution is 2.16. The van der Waals surface area contributed by atoms with Gasteiger partial charge in [0.1, 0.15) is 11.9 Å². The van der Waals surface area contributed by atoms with Gasteiger partial charge in [-0.25, -0.2) is 8.42 Å². The van der Waals surface area contributed by atoms with E-state index in [1.807, 2.05) is 6.92 Å². The second-order valence-electron chi connectivity index (χ2n) is 4.73. The van der Waals surface area contributed by atoms with Crippen molar-refractivity contribution in [3.05, 3.63) is 24.3 Å². The zero-order valence-corrected chi connectivity index (χ0v) is 12.7. The fourth-order valence-electron chi connectivity index (χ4n) is 1.65. The number of hydrogen-bond acceptors (Lipinski definition) is 4. The lowest BCUT2D eigenvalue weighted by Gasteiger charge is -2.15. The fourth-order valence-corrected chi connectivity index (χ4v) is 2.28. The third kappa shape index (κ3) is 6.07. The van der Waals surface area contributed by atoms with Crippen molar-refractivity contribution in [2.75, 3.05) is 19.3 Å². The van der Waals surface area contributed by atoms with Gasteiger partial charge in [0, 0.05) is 12.8 Å². The summed E-state index contributed by atoms with van der Waals surface area (Å²) >= 11 is 0. The third-order valence-corrected chi connectivity index (χ3v) is 3.86. The van der Waals surface area contributed by atoms with E-state index in [1.165, 1.54) is 12.7 Å². The molecule has 1 aromatic carbocycles. The Bertz CT molecular complexity index is 468. The number of ether oxygens (including phenoxy) is 1. The molecule has 1 rings (SSSR count). The monoisotopic (exact) mass is 285 g/mol. The van der Waals surface area contributed by atoms with Crippen molar-refractivity contribution >= 4 is 9.84 Å². The van der Waals surface area contributed by atoms with Crippen LogP contribution in [-0.2, 0) is 9.84 Å². The smallest absolute Gasteiger partial charge is 0.175 e. The molecule has 0 heterocycles. The normalized spacial score (nSPS) is 13.2. The Balaban J connectivity index is 2.45. The highest BCUT2D eigenvalue weighted by molar-refractivity contribution is 7.90. The van der Waals surface area contributed by atoms with E-state index in [-0.39, 0.29) is 6.10 Å². The minimum Gasteiger partial charge on any atom is -0.489 e. The molecular formula is C14H23NO3S. The average Bonchev–Trinajstić information content (AvgIpc) is 2.34. The number of unbranched alkanes of at least 4 members (excludes halogenated alkanes) is 1. The van der Waals surface area contributed by atoms with E-state index in [1.54, 1.807) is 24.3 Å². The van der Waals surface area contributed by atoms with Crippen LogP contribution >= 0.6 is 0 Å². The molecule has 4 nitrogen and oxygen atoms in total. The second-order valence-corrected chi connectivity index (χ2v) is 6.75. The van der Waals surface area contributed by atoms with E-state index in [0.717, 1.165) is 19.5 Å². The van der Waals surface area contributed by atoms with Gasteiger partial charge in [0.2, 0.25) is 0 Å². The molecule has 1 atom stereocenters. The summed E-state index contributed by atoms with van der Waals surface area (Å²) in [6.45, 7) is 5.93. The third-order valence-electron chi connectivity index (χ3n) is 2.73. The number of sulfone groups is 1. The topological polar surface area (TPSA) is 55.4 Å². The molecule has 0 aliphatic rings. The Hall–Kier alpha value is -1.07. The lowest BCUT2D eigenvalue weighted by atomic mass is 10.3. The van der Waals surface area contributed by atoms with Crippen molar-refractivity contribution in [2.24, 2.45) is 0 Å². The average molecular weight is 285 g/mol. The van der Waals surface area contributed by atoms with Gasteiger partial charge in [-0.3, -0.25) is 0 Å². The predicted octanol–water partition coefficient (Wildman–Crippen LogP) is 2.25. The lowest BCUT2D eigenvalue weighted by Crippen LogP contribution is -2.29. The predicted molar refractivity (Wildman–Crippen MR) is 77.4 cm³/mol. The summed E-state index contributed by atoms with van der Waals surface area (Å²) in [6, 6.07) is 6.53. The molecule has 0 radical (unpaired) electrons. The maximum absolute atomic E-state index is 11.3. The Kier molecular flexibility index (Phi) is 6.31. The molecule has 0 spiro atoms. The summed E-state index contributed by atoms with van der Waals surface area (Å²) in [6.07, 6.45) is 3.59. The molecule has 19 heavy (non-hydrogen) atoms. The zero-order valence-electron chi connectivity index (χ0n) is 11.8. The van der Waals surface area contributed by atoms with Gasteiger partial charge in [-0.15, -0.1) is 0 Å². The van der Waals surface area contributed by atoms with Crippen LogP contribution in [0.1, 0.15) is 26.7 Å². The molecule has 1 aromatic rings. The van der Waals surface area contributed by atoms with Crippen LogP contribution < -0.4 is 10.1 Å². The van der Waals surface area contributed by atoms with Crippen molar-refractivity contribution in [3.8, 4) is 5.75 Å². The van der Waals surface area contributed by atoms with Crippen LogP contribution in [0.25, 0.3) is 0 Å². The Morgan fingerprint density at radius 1 is 1.26 bits per heavy atom. The first kappa shape index (κ1) is 16.0. The van der Waals surface area contributed by atoms with Crippen molar-refractivity contribution in [2.45, 2.75) is 37.7 Å². The van der Waals surface area contributed by atoms with Gasteiger partial charge in [-0.1, -0.05) is 13.3 Å². The highest BCUT2D eigenvalue weighted by Gasteiger charge is 2.08. The van der Waals surface area contributed by atoms with E-state index in [2.05, 4.69) is 12.2 Å². The van der Waals surface area contributed by atoms with E-state index >= 15 is 0 Å². The quantitative estimate of drug-likeness (QED) is 0.744. The summed E-state index contributed by atoms with van der Waals surface area (Å²) in [5.41, 5.74) is 0. The van der Waals surface area contributed by atoms with Crippen molar-refractivity contribution in [3.63, 3.8) is 0 Å². The first-order chi connectivity index (χ1) is 8.93. The van der Waals surface area contributed by atoms with Gasteiger partial charge in [0.25, 0.3) is 0 Å². The SMILES string of the molecule is CCCCNCC(C)Oc1ccc(S(C)(=O)=O)cc1. The number of benzene rings is 1. The number of nitrogens with one attached hydrogen (secondary N) is 1. The molecule has 0 aromatic heterocycles. The molecule has 0 aliphatic heterocycles. The second kappa shape index (κ2) is 7.50. The summed E-state index contributed by atoms with van der Waals surface area (Å²) in [4.78, 5) is 0.313. The molecule has 0 amide bonds. The van der Waals surface area contributed by atoms with Crippen LogP contribution in [0.2, 0.25) is 0 Å². The highest BCUT2D eigenvalue weighted by atomic mass is 32.2. The van der Waals surface area contributed by atoms with Crippen LogP contribution in [0.5, 0.6) is 5.75 Å². The molecule has 0 bridgehead atoms. The van der Waals surface area contributed by atoms with Crippen molar-refractivity contribution < 1.29 is 13.2 Å². The van der Waals surface area contributed by atoms with Crippen LogP contribution in [0.3, 0.4) is 0 Å². The summed E-state index contributed by atoms with van der Waals surface area (Å²) < 4.78 is 28.3. The Morgan fingerprint density at radius 3 is 2.42 bits per heavy atom. The zero-order chi connectivity index (χ0) is 14.3. The first-order valence-corrected chi connectivity index (χ1v) is 8.50. The Labute approximate surface area is 116 Å². The Morgan fingerprint density at radius 2 is 1.89 bits per heavy atom. The maximum atomic E-state index is 11.3. The molecule has 1 unspecified atom stereocenters. The fraction of sp³-hybridized carbons (Fsp3) is 0.571. The lowest BCUT2D eigenvalue weighted by molar-refractivity contribution is 0.217. The minimum atomic E-state index is -3.14.